The molecule has 3 heterocycles. The molecule has 0 radical (unpaired) electrons. The van der Waals surface area contributed by atoms with Crippen molar-refractivity contribution in [3.63, 3.8) is 0 Å². The first kappa shape index (κ1) is 19.8. The minimum Gasteiger partial charge on any atom is -0.510 e. The minimum absolute atomic E-state index is 0.256. The van der Waals surface area contributed by atoms with Gasteiger partial charge in [-0.3, -0.25) is 10.3 Å². The summed E-state index contributed by atoms with van der Waals surface area (Å²) in [5.41, 5.74) is 4.98. The Morgan fingerprint density at radius 2 is 1.84 bits per heavy atom. The lowest BCUT2D eigenvalue weighted by atomic mass is 10.0. The topological polar surface area (TPSA) is 68.4 Å². The molecule has 0 spiro atoms. The highest BCUT2D eigenvalue weighted by molar-refractivity contribution is 6.23. The number of nitrogens with one attached hydrogen (secondary N) is 1. The Morgan fingerprint density at radius 3 is 2.58 bits per heavy atom. The van der Waals surface area contributed by atoms with Gasteiger partial charge in [0.25, 0.3) is 0 Å². The average molecular weight is 416 g/mol. The molecule has 1 saturated heterocycles. The summed E-state index contributed by atoms with van der Waals surface area (Å²) < 4.78 is 1.99. The van der Waals surface area contributed by atoms with Gasteiger partial charge in [0.1, 0.15) is 17.4 Å². The summed E-state index contributed by atoms with van der Waals surface area (Å²) in [5, 5.41) is 19.6. The third-order valence-electron chi connectivity index (χ3n) is 6.64. The van der Waals surface area contributed by atoms with Crippen LogP contribution in [0.2, 0.25) is 0 Å². The average Bonchev–Trinajstić information content (AvgIpc) is 3.24. The molecule has 160 valence electrons. The third-order valence-corrected chi connectivity index (χ3v) is 6.64. The van der Waals surface area contributed by atoms with Crippen LogP contribution in [-0.2, 0) is 13.6 Å². The van der Waals surface area contributed by atoms with Crippen molar-refractivity contribution in [3.8, 4) is 0 Å². The molecule has 2 aromatic carbocycles. The fourth-order valence-electron chi connectivity index (χ4n) is 4.91. The molecule has 6 nitrogen and oxygen atoms in total. The normalized spacial score (nSPS) is 18.5. The quantitative estimate of drug-likeness (QED) is 0.673. The predicted octanol–water partition coefficient (Wildman–Crippen LogP) is 4.11. The molecule has 1 fully saturated rings. The number of fused-ring (bicyclic) bond motifs is 1. The van der Waals surface area contributed by atoms with Crippen molar-refractivity contribution >= 4 is 22.4 Å². The number of nitrogens with zero attached hydrogens (tertiary/aromatic N) is 4. The van der Waals surface area contributed by atoms with Crippen molar-refractivity contribution in [2.45, 2.75) is 32.4 Å². The summed E-state index contributed by atoms with van der Waals surface area (Å²) in [6.45, 7) is 5.43. The highest BCUT2D eigenvalue weighted by atomic mass is 16.3. The molecule has 0 amide bonds. The number of piperidine rings is 1. The Hall–Kier alpha value is -3.12. The second-order valence-corrected chi connectivity index (χ2v) is 8.78. The molecule has 5 rings (SSSR count). The van der Waals surface area contributed by atoms with Gasteiger partial charge in [0, 0.05) is 32.7 Å². The number of imidazole rings is 1. The van der Waals surface area contributed by atoms with E-state index in [4.69, 9.17) is 10.4 Å². The largest absolute Gasteiger partial charge is 0.510 e. The lowest BCUT2D eigenvalue weighted by Gasteiger charge is -2.37. The van der Waals surface area contributed by atoms with Crippen LogP contribution in [0.5, 0.6) is 0 Å². The Bertz CT molecular complexity index is 1160. The van der Waals surface area contributed by atoms with Crippen molar-refractivity contribution in [3.05, 3.63) is 71.2 Å². The van der Waals surface area contributed by atoms with Crippen molar-refractivity contribution in [1.29, 1.82) is 5.41 Å². The zero-order chi connectivity index (χ0) is 21.5. The highest BCUT2D eigenvalue weighted by Crippen LogP contribution is 2.32. The van der Waals surface area contributed by atoms with E-state index in [0.717, 1.165) is 49.1 Å². The smallest absolute Gasteiger partial charge is 0.148 e. The predicted molar refractivity (Wildman–Crippen MR) is 124 cm³/mol. The van der Waals surface area contributed by atoms with Crippen molar-refractivity contribution < 1.29 is 5.11 Å². The molecule has 6 heteroatoms. The Kier molecular flexibility index (Phi) is 5.02. The van der Waals surface area contributed by atoms with E-state index in [0.29, 0.717) is 23.8 Å². The summed E-state index contributed by atoms with van der Waals surface area (Å²) in [6.07, 6.45) is 2.00. The van der Waals surface area contributed by atoms with Gasteiger partial charge in [-0.15, -0.1) is 0 Å². The van der Waals surface area contributed by atoms with Gasteiger partial charge < -0.3 is 14.6 Å². The van der Waals surface area contributed by atoms with Gasteiger partial charge in [0.05, 0.1) is 23.2 Å². The standard InChI is InChI=1S/C25H29N5O/c1-17-8-9-21-20(14-17)27-25(28(21)2)23-22(31)16-30(24(23)26)19-10-12-29(13-11-19)15-18-6-4-3-5-7-18/h3-9,14,19,26,31H,10-13,15-16H2,1-2H3. The number of amidine groups is 1. The van der Waals surface area contributed by atoms with Crippen LogP contribution in [0.4, 0.5) is 0 Å². The van der Waals surface area contributed by atoms with Gasteiger partial charge in [0.15, 0.2) is 0 Å². The summed E-state index contributed by atoms with van der Waals surface area (Å²) in [4.78, 5) is 9.31. The first-order valence-electron chi connectivity index (χ1n) is 11.0. The summed E-state index contributed by atoms with van der Waals surface area (Å²) in [7, 11) is 1.96. The molecule has 0 unspecified atom stereocenters. The van der Waals surface area contributed by atoms with Crippen LogP contribution < -0.4 is 0 Å². The number of hydrogen-bond acceptors (Lipinski definition) is 4. The van der Waals surface area contributed by atoms with E-state index in [-0.39, 0.29) is 11.8 Å². The van der Waals surface area contributed by atoms with Crippen LogP contribution in [0, 0.1) is 12.3 Å². The number of aliphatic hydroxyl groups is 1. The van der Waals surface area contributed by atoms with Gasteiger partial charge in [-0.25, -0.2) is 4.98 Å². The second kappa shape index (κ2) is 7.85. The van der Waals surface area contributed by atoms with E-state index >= 15 is 0 Å². The van der Waals surface area contributed by atoms with Crippen LogP contribution in [0.1, 0.15) is 29.8 Å². The minimum atomic E-state index is 0.256. The Labute approximate surface area is 182 Å². The number of hydrogen-bond donors (Lipinski definition) is 2. The maximum Gasteiger partial charge on any atom is 0.148 e. The molecule has 2 aliphatic heterocycles. The molecule has 0 aliphatic carbocycles. The van der Waals surface area contributed by atoms with E-state index < -0.39 is 0 Å². The molecule has 3 aromatic rings. The van der Waals surface area contributed by atoms with E-state index in [2.05, 4.69) is 58.3 Å². The maximum absolute atomic E-state index is 10.8. The molecule has 0 atom stereocenters. The molecule has 2 N–H and O–H groups in total. The van der Waals surface area contributed by atoms with E-state index in [9.17, 15) is 5.11 Å². The van der Waals surface area contributed by atoms with Gasteiger partial charge in [-0.2, -0.15) is 0 Å². The summed E-state index contributed by atoms with van der Waals surface area (Å²) in [6, 6.07) is 17.0. The molecule has 0 saturated carbocycles. The van der Waals surface area contributed by atoms with Crippen LogP contribution in [-0.4, -0.2) is 56.0 Å². The highest BCUT2D eigenvalue weighted by Gasteiger charge is 2.36. The summed E-state index contributed by atoms with van der Waals surface area (Å²) in [5.74, 6) is 1.33. The number of benzene rings is 2. The molecule has 0 bridgehead atoms. The monoisotopic (exact) mass is 415 g/mol. The first-order valence-corrected chi connectivity index (χ1v) is 11.0. The molecular weight excluding hydrogens is 386 g/mol. The van der Waals surface area contributed by atoms with E-state index in [1.54, 1.807) is 0 Å². The fraction of sp³-hybridized carbons (Fsp3) is 0.360. The zero-order valence-electron chi connectivity index (χ0n) is 18.2. The zero-order valence-corrected chi connectivity index (χ0v) is 18.2. The molecule has 31 heavy (non-hydrogen) atoms. The number of rotatable bonds is 4. The van der Waals surface area contributed by atoms with Crippen LogP contribution >= 0.6 is 0 Å². The first-order chi connectivity index (χ1) is 15.0. The van der Waals surface area contributed by atoms with Crippen molar-refractivity contribution in [1.82, 2.24) is 19.4 Å². The van der Waals surface area contributed by atoms with Crippen LogP contribution in [0.15, 0.2) is 54.3 Å². The number of aliphatic hydroxyl groups excluding tert-OH is 1. The molecule has 2 aliphatic rings. The van der Waals surface area contributed by atoms with E-state index in [1.807, 2.05) is 18.5 Å². The lowest BCUT2D eigenvalue weighted by Crippen LogP contribution is -2.45. The van der Waals surface area contributed by atoms with Gasteiger partial charge in [-0.05, 0) is 43.0 Å². The second-order valence-electron chi connectivity index (χ2n) is 8.78. The fourth-order valence-corrected chi connectivity index (χ4v) is 4.91. The lowest BCUT2D eigenvalue weighted by molar-refractivity contribution is 0.149. The molecule has 1 aromatic heterocycles. The molecular formula is C25H29N5O. The Morgan fingerprint density at radius 1 is 1.10 bits per heavy atom. The van der Waals surface area contributed by atoms with Crippen molar-refractivity contribution in [2.24, 2.45) is 7.05 Å². The number of aromatic nitrogens is 2. The van der Waals surface area contributed by atoms with Gasteiger partial charge >= 0.3 is 0 Å². The van der Waals surface area contributed by atoms with Crippen molar-refractivity contribution in [2.75, 3.05) is 19.6 Å². The van der Waals surface area contributed by atoms with Crippen LogP contribution in [0.3, 0.4) is 0 Å². The van der Waals surface area contributed by atoms with E-state index in [1.165, 1.54) is 5.56 Å². The Balaban J connectivity index is 1.30. The van der Waals surface area contributed by atoms with Crippen LogP contribution in [0.25, 0.3) is 16.6 Å². The maximum atomic E-state index is 10.8. The van der Waals surface area contributed by atoms with Gasteiger partial charge in [0.2, 0.25) is 0 Å². The number of aryl methyl sites for hydroxylation is 2. The third kappa shape index (κ3) is 3.61. The van der Waals surface area contributed by atoms with Gasteiger partial charge in [-0.1, -0.05) is 36.4 Å². The number of likely N-dealkylation sites (tertiary alicyclic amines) is 1. The SMILES string of the molecule is Cc1ccc2c(c1)nc(C1=C(O)CN(C3CCN(Cc4ccccc4)CC3)C1=N)n2C. The summed E-state index contributed by atoms with van der Waals surface area (Å²) >= 11 is 0.